The van der Waals surface area contributed by atoms with Crippen molar-refractivity contribution < 1.29 is 29.6 Å². The fraction of sp³-hybridized carbons (Fsp3) is 0.500. The van der Waals surface area contributed by atoms with Gasteiger partial charge < -0.3 is 24.7 Å². The molecule has 39 heavy (non-hydrogen) atoms. The van der Waals surface area contributed by atoms with Crippen LogP contribution in [0.1, 0.15) is 48.8 Å². The highest BCUT2D eigenvalue weighted by Crippen LogP contribution is 2.64. The number of rotatable bonds is 6. The van der Waals surface area contributed by atoms with E-state index in [0.717, 1.165) is 43.0 Å². The molecule has 0 aromatic heterocycles. The maximum atomic E-state index is 13.4. The normalized spacial score (nSPS) is 33.9. The topological polar surface area (TPSA) is 118 Å². The zero-order valence-electron chi connectivity index (χ0n) is 22.0. The van der Waals surface area contributed by atoms with Gasteiger partial charge in [-0.05, 0) is 49.0 Å². The molecule has 7 rings (SSSR count). The summed E-state index contributed by atoms with van der Waals surface area (Å²) in [7, 11) is 1.76. The van der Waals surface area contributed by atoms with Crippen molar-refractivity contribution in [3.63, 3.8) is 0 Å². The molecule has 5 aliphatic rings. The van der Waals surface area contributed by atoms with Gasteiger partial charge in [0.1, 0.15) is 17.7 Å². The molecule has 204 valence electrons. The fourth-order valence-electron chi connectivity index (χ4n) is 8.27. The number of piperidine rings is 1. The molecule has 2 aromatic rings. The number of carbonyl (C=O) groups is 1. The van der Waals surface area contributed by atoms with Gasteiger partial charge in [-0.25, -0.2) is 0 Å². The number of carbonyl (C=O) groups excluding carboxylic acids is 1. The number of nitro groups is 1. The fourth-order valence-corrected chi connectivity index (χ4v) is 8.27. The van der Waals surface area contributed by atoms with Crippen LogP contribution in [0.5, 0.6) is 11.5 Å². The first-order valence-corrected chi connectivity index (χ1v) is 14.0. The molecular weight excluding hydrogens is 498 g/mol. The average molecular weight is 533 g/mol. The molecule has 1 amide bonds. The van der Waals surface area contributed by atoms with Crippen molar-refractivity contribution in [2.75, 3.05) is 20.1 Å². The minimum atomic E-state index is -0.967. The molecule has 6 unspecified atom stereocenters. The van der Waals surface area contributed by atoms with E-state index in [9.17, 15) is 25.1 Å². The van der Waals surface area contributed by atoms with Crippen molar-refractivity contribution >= 4 is 17.7 Å². The highest BCUT2D eigenvalue weighted by Gasteiger charge is 2.75. The number of phenols is 1. The van der Waals surface area contributed by atoms with Crippen LogP contribution in [0.4, 0.5) is 5.69 Å². The lowest BCUT2D eigenvalue weighted by Crippen LogP contribution is -3.21. The molecule has 0 radical (unpaired) electrons. The molecule has 1 spiro atoms. The molecule has 2 aromatic carbocycles. The molecule has 3 aliphatic carbocycles. The zero-order valence-corrected chi connectivity index (χ0v) is 22.0. The van der Waals surface area contributed by atoms with E-state index in [0.29, 0.717) is 24.2 Å². The number of likely N-dealkylation sites (N-methyl/N-ethyl adjacent to an activating group) is 1. The Kier molecular flexibility index (Phi) is 5.38. The van der Waals surface area contributed by atoms with Gasteiger partial charge in [-0.2, -0.15) is 0 Å². The van der Waals surface area contributed by atoms with E-state index in [1.807, 2.05) is 6.07 Å². The molecule has 9 heteroatoms. The lowest BCUT2D eigenvalue weighted by molar-refractivity contribution is -0.944. The van der Waals surface area contributed by atoms with Crippen molar-refractivity contribution in [1.82, 2.24) is 4.90 Å². The first-order valence-electron chi connectivity index (χ1n) is 14.0. The predicted molar refractivity (Wildman–Crippen MR) is 143 cm³/mol. The maximum absolute atomic E-state index is 13.4. The van der Waals surface area contributed by atoms with Crippen LogP contribution in [-0.2, 0) is 16.6 Å². The first kappa shape index (κ1) is 24.6. The summed E-state index contributed by atoms with van der Waals surface area (Å²) in [6.45, 7) is 2.04. The molecule has 2 heterocycles. The zero-order chi connectivity index (χ0) is 27.1. The predicted octanol–water partition coefficient (Wildman–Crippen LogP) is 1.99. The highest BCUT2D eigenvalue weighted by atomic mass is 16.6. The van der Waals surface area contributed by atoms with Crippen LogP contribution in [0.25, 0.3) is 6.08 Å². The SMILES string of the molecule is CN(C(=O)C=Cc1cccc([N+](=O)[O-])c1)C1CCC2(O)C3Cc4ccc(O)c5c4C2(CC[NH+]3CC2CC2)C1O5. The number of ether oxygens (including phenoxy) is 1. The van der Waals surface area contributed by atoms with Crippen molar-refractivity contribution in [3.05, 3.63) is 69.3 Å². The molecule has 3 fully saturated rings. The Balaban J connectivity index is 1.22. The monoisotopic (exact) mass is 532 g/mol. The Morgan fingerprint density at radius 3 is 2.85 bits per heavy atom. The molecule has 9 nitrogen and oxygen atoms in total. The third-order valence-corrected chi connectivity index (χ3v) is 10.3. The van der Waals surface area contributed by atoms with Crippen LogP contribution >= 0.6 is 0 Å². The number of hydrogen-bond acceptors (Lipinski definition) is 6. The Bertz CT molecular complexity index is 1410. The van der Waals surface area contributed by atoms with Crippen molar-refractivity contribution in [3.8, 4) is 11.5 Å². The summed E-state index contributed by atoms with van der Waals surface area (Å²) in [5.41, 5.74) is 1.00. The van der Waals surface area contributed by atoms with Gasteiger partial charge in [0.15, 0.2) is 11.5 Å². The smallest absolute Gasteiger partial charge is 0.270 e. The average Bonchev–Trinajstić information content (AvgIpc) is 3.67. The van der Waals surface area contributed by atoms with E-state index in [2.05, 4.69) is 0 Å². The van der Waals surface area contributed by atoms with Crippen LogP contribution in [0.15, 0.2) is 42.5 Å². The highest BCUT2D eigenvalue weighted by molar-refractivity contribution is 5.92. The second-order valence-corrected chi connectivity index (χ2v) is 12.2. The second-order valence-electron chi connectivity index (χ2n) is 12.2. The summed E-state index contributed by atoms with van der Waals surface area (Å²) in [5.74, 6) is 1.08. The lowest BCUT2D eigenvalue weighted by Gasteiger charge is -2.62. The van der Waals surface area contributed by atoms with Crippen molar-refractivity contribution in [2.24, 2.45) is 5.92 Å². The van der Waals surface area contributed by atoms with Gasteiger partial charge in [-0.1, -0.05) is 18.2 Å². The Labute approximate surface area is 226 Å². The number of aromatic hydroxyl groups is 1. The van der Waals surface area contributed by atoms with Crippen LogP contribution < -0.4 is 9.64 Å². The number of phenolic OH excluding ortho intramolecular Hbond substituents is 1. The lowest BCUT2D eigenvalue weighted by atomic mass is 9.48. The summed E-state index contributed by atoms with van der Waals surface area (Å²) in [4.78, 5) is 27.2. The number of nitro benzene ring substituents is 1. The minimum absolute atomic E-state index is 0.0293. The second kappa shape index (κ2) is 8.53. The van der Waals surface area contributed by atoms with Gasteiger partial charge in [0.05, 0.1) is 29.5 Å². The van der Waals surface area contributed by atoms with Gasteiger partial charge in [0.25, 0.3) is 5.69 Å². The number of benzene rings is 2. The molecule has 1 saturated heterocycles. The number of quaternary nitrogens is 1. The summed E-state index contributed by atoms with van der Waals surface area (Å²) in [6.07, 6.45) is 7.79. The Morgan fingerprint density at radius 1 is 1.26 bits per heavy atom. The third kappa shape index (κ3) is 3.49. The molecule has 2 saturated carbocycles. The van der Waals surface area contributed by atoms with Crippen LogP contribution in [0.2, 0.25) is 0 Å². The van der Waals surface area contributed by atoms with E-state index < -0.39 is 22.0 Å². The van der Waals surface area contributed by atoms with Gasteiger partial charge in [-0.15, -0.1) is 0 Å². The van der Waals surface area contributed by atoms with E-state index in [1.165, 1.54) is 36.0 Å². The molecule has 3 N–H and O–H groups in total. The van der Waals surface area contributed by atoms with Gasteiger partial charge in [0, 0.05) is 49.6 Å². The van der Waals surface area contributed by atoms with E-state index in [1.54, 1.807) is 36.2 Å². The third-order valence-electron chi connectivity index (χ3n) is 10.3. The summed E-state index contributed by atoms with van der Waals surface area (Å²) >= 11 is 0. The molecule has 2 aliphatic heterocycles. The molecule has 6 atom stereocenters. The van der Waals surface area contributed by atoms with Gasteiger partial charge in [-0.3, -0.25) is 14.9 Å². The van der Waals surface area contributed by atoms with Crippen LogP contribution in [0, 0.1) is 16.0 Å². The van der Waals surface area contributed by atoms with E-state index >= 15 is 0 Å². The summed E-state index contributed by atoms with van der Waals surface area (Å²) < 4.78 is 6.58. The maximum Gasteiger partial charge on any atom is 0.270 e. The quantitative estimate of drug-likeness (QED) is 0.298. The van der Waals surface area contributed by atoms with E-state index in [-0.39, 0.29) is 29.4 Å². The van der Waals surface area contributed by atoms with Crippen molar-refractivity contribution in [2.45, 2.75) is 67.7 Å². The van der Waals surface area contributed by atoms with Gasteiger partial charge >= 0.3 is 0 Å². The van der Waals surface area contributed by atoms with Crippen LogP contribution in [-0.4, -0.2) is 69.9 Å². The molecule has 2 bridgehead atoms. The number of nitrogens with zero attached hydrogens (tertiary/aromatic N) is 2. The first-order chi connectivity index (χ1) is 18.7. The minimum Gasteiger partial charge on any atom is -0.504 e. The largest absolute Gasteiger partial charge is 0.504 e. The summed E-state index contributed by atoms with van der Waals surface area (Å²) in [5, 5.41) is 34.6. The number of non-ortho nitro benzene ring substituents is 1. The van der Waals surface area contributed by atoms with Crippen LogP contribution in [0.3, 0.4) is 0 Å². The van der Waals surface area contributed by atoms with Gasteiger partial charge in [0.2, 0.25) is 5.91 Å². The Hall–Kier alpha value is -3.43. The molecular formula is C30H34N3O6+. The Morgan fingerprint density at radius 2 is 2.08 bits per heavy atom. The summed E-state index contributed by atoms with van der Waals surface area (Å²) in [6, 6.07) is 9.64. The number of likely N-dealkylation sites (tertiary alicyclic amines) is 1. The van der Waals surface area contributed by atoms with Crippen molar-refractivity contribution in [1.29, 1.82) is 0 Å². The van der Waals surface area contributed by atoms with E-state index in [4.69, 9.17) is 4.74 Å². The number of hydrogen-bond donors (Lipinski definition) is 3. The number of amides is 1. The number of nitrogens with one attached hydrogen (secondary N) is 1. The standard InChI is InChI=1S/C30H33N3O6/c1-31(25(35)10-7-18-3-2-4-21(15-18)33(37)38)22-11-12-30(36)24-16-20-8-9-23(34)27-26(20)29(30,28(22)39-27)13-14-32(24)17-19-5-6-19/h2-4,7-10,15,19,22,24,28,34,36H,5-6,11-14,16-17H2,1H3/p+1. The number of aliphatic hydroxyl groups is 1.